The molecule has 0 amide bonds. The molecule has 0 aromatic rings. The Morgan fingerprint density at radius 1 is 1.33 bits per heavy atom. The molecule has 0 spiro atoms. The van der Waals surface area contributed by atoms with Gasteiger partial charge in [0.2, 0.25) is 0 Å². The van der Waals surface area contributed by atoms with Crippen LogP contribution in [-0.2, 0) is 0 Å². The zero-order valence-corrected chi connectivity index (χ0v) is 7.50. The third-order valence-electron chi connectivity index (χ3n) is 3.08. The lowest BCUT2D eigenvalue weighted by molar-refractivity contribution is 0.230. The maximum Gasteiger partial charge on any atom is 0.0585 e. The van der Waals surface area contributed by atoms with Gasteiger partial charge in [-0.05, 0) is 32.4 Å². The monoisotopic (exact) mass is 170 g/mol. The molecule has 0 radical (unpaired) electrons. The highest BCUT2D eigenvalue weighted by molar-refractivity contribution is 4.88. The lowest BCUT2D eigenvalue weighted by atomic mass is 10.1. The topological polar surface area (TPSA) is 35.5 Å². The number of nitrogens with zero attached hydrogens (tertiary/aromatic N) is 1. The second-order valence-corrected chi connectivity index (χ2v) is 3.92. The van der Waals surface area contributed by atoms with Crippen LogP contribution in [0.15, 0.2) is 0 Å². The molecule has 3 heteroatoms. The second-order valence-electron chi connectivity index (χ2n) is 3.92. The minimum absolute atomic E-state index is 0.296. The summed E-state index contributed by atoms with van der Waals surface area (Å²) in [5.74, 6) is 0. The van der Waals surface area contributed by atoms with Crippen LogP contribution >= 0.6 is 0 Å². The average Bonchev–Trinajstić information content (AvgIpc) is 2.75. The van der Waals surface area contributed by atoms with Crippen LogP contribution in [0.5, 0.6) is 0 Å². The van der Waals surface area contributed by atoms with Crippen LogP contribution in [0.1, 0.15) is 19.3 Å². The molecule has 2 rings (SSSR count). The number of aliphatic hydroxyl groups excluding tert-OH is 1. The summed E-state index contributed by atoms with van der Waals surface area (Å²) in [5, 5.41) is 12.3. The van der Waals surface area contributed by atoms with Crippen LogP contribution in [0, 0.1) is 0 Å². The van der Waals surface area contributed by atoms with Crippen LogP contribution in [-0.4, -0.2) is 48.3 Å². The van der Waals surface area contributed by atoms with Crippen molar-refractivity contribution in [3.63, 3.8) is 0 Å². The fourth-order valence-electron chi connectivity index (χ4n) is 2.32. The maximum atomic E-state index is 8.95. The van der Waals surface area contributed by atoms with Gasteiger partial charge in [0, 0.05) is 18.6 Å². The number of likely N-dealkylation sites (tertiary alicyclic amines) is 1. The van der Waals surface area contributed by atoms with E-state index in [0.29, 0.717) is 18.7 Å². The lowest BCUT2D eigenvalue weighted by Gasteiger charge is -2.22. The maximum absolute atomic E-state index is 8.95. The number of rotatable bonds is 2. The van der Waals surface area contributed by atoms with Gasteiger partial charge in [0.15, 0.2) is 0 Å². The van der Waals surface area contributed by atoms with Crippen molar-refractivity contribution in [2.45, 2.75) is 31.3 Å². The van der Waals surface area contributed by atoms with Gasteiger partial charge >= 0.3 is 0 Å². The molecule has 0 bridgehead atoms. The Morgan fingerprint density at radius 3 is 2.67 bits per heavy atom. The van der Waals surface area contributed by atoms with Gasteiger partial charge in [-0.25, -0.2) is 0 Å². The summed E-state index contributed by atoms with van der Waals surface area (Å²) < 4.78 is 0. The van der Waals surface area contributed by atoms with E-state index in [4.69, 9.17) is 5.11 Å². The van der Waals surface area contributed by atoms with Crippen LogP contribution in [0.3, 0.4) is 0 Å². The summed E-state index contributed by atoms with van der Waals surface area (Å²) in [6.45, 7) is 3.91. The predicted molar refractivity (Wildman–Crippen MR) is 48.1 cm³/mol. The molecule has 2 fully saturated rings. The Hall–Kier alpha value is -0.120. The summed E-state index contributed by atoms with van der Waals surface area (Å²) in [5.41, 5.74) is 0. The minimum Gasteiger partial charge on any atom is -0.395 e. The third-order valence-corrected chi connectivity index (χ3v) is 3.08. The fraction of sp³-hybridized carbons (Fsp3) is 1.00. The van der Waals surface area contributed by atoms with Crippen LogP contribution < -0.4 is 5.32 Å². The Kier molecular flexibility index (Phi) is 2.63. The number of aliphatic hydroxyl groups is 1. The molecule has 2 saturated heterocycles. The molecule has 0 aromatic carbocycles. The summed E-state index contributed by atoms with van der Waals surface area (Å²) >= 11 is 0. The summed E-state index contributed by atoms with van der Waals surface area (Å²) in [7, 11) is 0. The summed E-state index contributed by atoms with van der Waals surface area (Å²) in [4.78, 5) is 2.56. The Labute approximate surface area is 73.8 Å². The number of hydrogen-bond donors (Lipinski definition) is 2. The van der Waals surface area contributed by atoms with Crippen molar-refractivity contribution in [3.8, 4) is 0 Å². The molecule has 0 aromatic heterocycles. The average molecular weight is 170 g/mol. The van der Waals surface area contributed by atoms with Crippen molar-refractivity contribution in [1.29, 1.82) is 0 Å². The Balaban J connectivity index is 1.81. The largest absolute Gasteiger partial charge is 0.395 e. The molecule has 70 valence electrons. The molecule has 2 aliphatic rings. The van der Waals surface area contributed by atoms with Gasteiger partial charge in [-0.2, -0.15) is 0 Å². The van der Waals surface area contributed by atoms with E-state index in [9.17, 15) is 0 Å². The van der Waals surface area contributed by atoms with Crippen LogP contribution in [0.4, 0.5) is 0 Å². The first kappa shape index (κ1) is 8.48. The van der Waals surface area contributed by atoms with Gasteiger partial charge in [-0.3, -0.25) is 4.90 Å². The van der Waals surface area contributed by atoms with E-state index in [1.54, 1.807) is 0 Å². The van der Waals surface area contributed by atoms with E-state index in [1.807, 2.05) is 0 Å². The zero-order chi connectivity index (χ0) is 8.39. The van der Waals surface area contributed by atoms with Gasteiger partial charge in [0.05, 0.1) is 6.61 Å². The molecular formula is C9H18N2O. The van der Waals surface area contributed by atoms with Gasteiger partial charge in [-0.1, -0.05) is 0 Å². The van der Waals surface area contributed by atoms with Crippen molar-refractivity contribution in [2.24, 2.45) is 0 Å². The van der Waals surface area contributed by atoms with Crippen molar-refractivity contribution in [3.05, 3.63) is 0 Å². The van der Waals surface area contributed by atoms with Gasteiger partial charge in [0.1, 0.15) is 0 Å². The second kappa shape index (κ2) is 3.73. The number of hydrogen-bond acceptors (Lipinski definition) is 3. The Bertz CT molecular complexity index is 145. The molecule has 0 saturated carbocycles. The highest BCUT2D eigenvalue weighted by atomic mass is 16.3. The molecule has 2 aliphatic heterocycles. The highest BCUT2D eigenvalue weighted by Gasteiger charge is 2.29. The predicted octanol–water partition coefficient (Wildman–Crippen LogP) is -0.195. The molecule has 12 heavy (non-hydrogen) atoms. The van der Waals surface area contributed by atoms with E-state index in [2.05, 4.69) is 10.2 Å². The fourth-order valence-corrected chi connectivity index (χ4v) is 2.32. The van der Waals surface area contributed by atoms with E-state index in [-0.39, 0.29) is 0 Å². The zero-order valence-electron chi connectivity index (χ0n) is 7.50. The molecule has 2 unspecified atom stereocenters. The summed E-state index contributed by atoms with van der Waals surface area (Å²) in [6.07, 6.45) is 3.86. The first-order chi connectivity index (χ1) is 5.90. The normalized spacial score (nSPS) is 37.8. The first-order valence-corrected chi connectivity index (χ1v) is 4.98. The van der Waals surface area contributed by atoms with Crippen LogP contribution in [0.25, 0.3) is 0 Å². The standard InChI is InChI=1S/C9H18N2O/c12-7-8-5-9(6-10-8)11-3-1-2-4-11/h8-10,12H,1-7H2. The molecule has 0 aliphatic carbocycles. The van der Waals surface area contributed by atoms with Gasteiger partial charge < -0.3 is 10.4 Å². The summed E-state index contributed by atoms with van der Waals surface area (Å²) in [6, 6.07) is 1.06. The highest BCUT2D eigenvalue weighted by Crippen LogP contribution is 2.18. The van der Waals surface area contributed by atoms with Crippen LogP contribution in [0.2, 0.25) is 0 Å². The molecule has 2 atom stereocenters. The third kappa shape index (κ3) is 1.63. The quantitative estimate of drug-likeness (QED) is 0.603. The molecule has 3 nitrogen and oxygen atoms in total. The minimum atomic E-state index is 0.296. The SMILES string of the molecule is OCC1CC(N2CCCC2)CN1. The lowest BCUT2D eigenvalue weighted by Crippen LogP contribution is -2.34. The van der Waals surface area contributed by atoms with Gasteiger partial charge in [-0.15, -0.1) is 0 Å². The number of nitrogens with one attached hydrogen (secondary N) is 1. The van der Waals surface area contributed by atoms with E-state index in [1.165, 1.54) is 25.9 Å². The van der Waals surface area contributed by atoms with Gasteiger partial charge in [0.25, 0.3) is 0 Å². The molecular weight excluding hydrogens is 152 g/mol. The van der Waals surface area contributed by atoms with Crippen molar-refractivity contribution in [2.75, 3.05) is 26.2 Å². The van der Waals surface area contributed by atoms with Crippen molar-refractivity contribution >= 4 is 0 Å². The smallest absolute Gasteiger partial charge is 0.0585 e. The van der Waals surface area contributed by atoms with E-state index < -0.39 is 0 Å². The Morgan fingerprint density at radius 2 is 2.08 bits per heavy atom. The van der Waals surface area contributed by atoms with Crippen molar-refractivity contribution in [1.82, 2.24) is 10.2 Å². The molecule has 2 heterocycles. The van der Waals surface area contributed by atoms with E-state index in [0.717, 1.165) is 13.0 Å². The van der Waals surface area contributed by atoms with E-state index >= 15 is 0 Å². The first-order valence-electron chi connectivity index (χ1n) is 4.98. The molecule has 2 N–H and O–H groups in total. The van der Waals surface area contributed by atoms with Crippen molar-refractivity contribution < 1.29 is 5.11 Å².